The summed E-state index contributed by atoms with van der Waals surface area (Å²) in [6.45, 7) is 1.68. The summed E-state index contributed by atoms with van der Waals surface area (Å²) in [5.41, 5.74) is 1.18. The highest BCUT2D eigenvalue weighted by Crippen LogP contribution is 2.23. The number of ether oxygens (including phenoxy) is 1. The Labute approximate surface area is 134 Å². The van der Waals surface area contributed by atoms with Gasteiger partial charge in [-0.1, -0.05) is 30.7 Å². The number of para-hydroxylation sites is 1. The zero-order chi connectivity index (χ0) is 15.9. The molecule has 0 aliphatic rings. The molecule has 0 atom stereocenters. The molecule has 2 aromatic rings. The molecule has 114 valence electrons. The molecule has 0 saturated carbocycles. The maximum Gasteiger partial charge on any atom is 0.224 e. The lowest BCUT2D eigenvalue weighted by Crippen LogP contribution is -2.12. The van der Waals surface area contributed by atoms with Crippen LogP contribution in [-0.2, 0) is 4.79 Å². The number of carbonyl (C=O) groups is 2. The number of hydrogen-bond donors (Lipinski definition) is 1. The van der Waals surface area contributed by atoms with Crippen molar-refractivity contribution in [2.45, 2.75) is 13.3 Å². The fraction of sp³-hybridized carbons (Fsp3) is 0.176. The molecule has 4 nitrogen and oxygen atoms in total. The molecule has 2 rings (SSSR count). The standard InChI is InChI=1S/C17H16ClNO3/c1-2-17(21)19-13-9-7-12(8-10-13)15(20)11-22-16-6-4-3-5-14(16)18/h3-10H,2,11H2,1H3,(H,19,21). The maximum atomic E-state index is 12.1. The Morgan fingerprint density at radius 1 is 1.09 bits per heavy atom. The number of ketones is 1. The Balaban J connectivity index is 1.95. The van der Waals surface area contributed by atoms with E-state index >= 15 is 0 Å². The number of anilines is 1. The number of amides is 1. The van der Waals surface area contributed by atoms with E-state index < -0.39 is 0 Å². The van der Waals surface area contributed by atoms with Gasteiger partial charge in [-0.2, -0.15) is 0 Å². The molecule has 0 fully saturated rings. The highest BCUT2D eigenvalue weighted by Gasteiger charge is 2.09. The summed E-state index contributed by atoms with van der Waals surface area (Å²) in [5.74, 6) is 0.249. The predicted molar refractivity (Wildman–Crippen MR) is 86.6 cm³/mol. The number of halogens is 1. The average Bonchev–Trinajstić information content (AvgIpc) is 2.54. The Morgan fingerprint density at radius 3 is 2.41 bits per heavy atom. The number of Topliss-reactive ketones (excluding diaryl/α,β-unsaturated/α-hetero) is 1. The van der Waals surface area contributed by atoms with Crippen LogP contribution in [0.15, 0.2) is 48.5 Å². The fourth-order valence-electron chi connectivity index (χ4n) is 1.78. The monoisotopic (exact) mass is 317 g/mol. The molecule has 0 unspecified atom stereocenters. The van der Waals surface area contributed by atoms with Gasteiger partial charge in [-0.15, -0.1) is 0 Å². The van der Waals surface area contributed by atoms with E-state index in [1.807, 2.05) is 0 Å². The van der Waals surface area contributed by atoms with Crippen molar-refractivity contribution in [3.05, 3.63) is 59.1 Å². The molecule has 0 radical (unpaired) electrons. The van der Waals surface area contributed by atoms with E-state index in [1.165, 1.54) is 0 Å². The quantitative estimate of drug-likeness (QED) is 0.821. The summed E-state index contributed by atoms with van der Waals surface area (Å²) in [5, 5.41) is 3.19. The normalized spacial score (nSPS) is 10.1. The number of hydrogen-bond acceptors (Lipinski definition) is 3. The molecule has 1 amide bonds. The molecular weight excluding hydrogens is 302 g/mol. The van der Waals surface area contributed by atoms with Gasteiger partial charge >= 0.3 is 0 Å². The van der Waals surface area contributed by atoms with Gasteiger partial charge in [0.1, 0.15) is 5.75 Å². The molecule has 2 aromatic carbocycles. The van der Waals surface area contributed by atoms with Crippen LogP contribution in [0.5, 0.6) is 5.75 Å². The topological polar surface area (TPSA) is 55.4 Å². The predicted octanol–water partition coefficient (Wildman–Crippen LogP) is 3.95. The Kier molecular flexibility index (Phi) is 5.55. The summed E-state index contributed by atoms with van der Waals surface area (Å²) in [7, 11) is 0. The third-order valence-electron chi connectivity index (χ3n) is 3.01. The van der Waals surface area contributed by atoms with Crippen molar-refractivity contribution < 1.29 is 14.3 Å². The third-order valence-corrected chi connectivity index (χ3v) is 3.32. The third kappa shape index (κ3) is 4.33. The van der Waals surface area contributed by atoms with Crippen molar-refractivity contribution in [1.82, 2.24) is 0 Å². The van der Waals surface area contributed by atoms with Crippen LogP contribution in [-0.4, -0.2) is 18.3 Å². The molecule has 0 aliphatic heterocycles. The van der Waals surface area contributed by atoms with Crippen LogP contribution in [0.2, 0.25) is 5.02 Å². The minimum atomic E-state index is -0.159. The van der Waals surface area contributed by atoms with Gasteiger partial charge < -0.3 is 10.1 Å². The molecule has 0 aromatic heterocycles. The summed E-state index contributed by atoms with van der Waals surface area (Å²) in [6, 6.07) is 13.7. The lowest BCUT2D eigenvalue weighted by Gasteiger charge is -2.08. The minimum Gasteiger partial charge on any atom is -0.484 e. The van der Waals surface area contributed by atoms with Gasteiger partial charge in [-0.25, -0.2) is 0 Å². The van der Waals surface area contributed by atoms with Gasteiger partial charge in [0.15, 0.2) is 12.4 Å². The molecule has 22 heavy (non-hydrogen) atoms. The average molecular weight is 318 g/mol. The highest BCUT2D eigenvalue weighted by atomic mass is 35.5. The van der Waals surface area contributed by atoms with Crippen LogP contribution >= 0.6 is 11.6 Å². The van der Waals surface area contributed by atoms with E-state index in [4.69, 9.17) is 16.3 Å². The minimum absolute atomic E-state index is 0.0684. The van der Waals surface area contributed by atoms with Crippen molar-refractivity contribution in [3.63, 3.8) is 0 Å². The first-order valence-electron chi connectivity index (χ1n) is 6.90. The van der Waals surface area contributed by atoms with Gasteiger partial charge in [0, 0.05) is 17.7 Å². The van der Waals surface area contributed by atoms with Crippen LogP contribution in [0.3, 0.4) is 0 Å². The zero-order valence-electron chi connectivity index (χ0n) is 12.1. The summed E-state index contributed by atoms with van der Waals surface area (Å²) in [4.78, 5) is 23.3. The van der Waals surface area contributed by atoms with Crippen LogP contribution in [0, 0.1) is 0 Å². The van der Waals surface area contributed by atoms with E-state index in [2.05, 4.69) is 5.32 Å². The Morgan fingerprint density at radius 2 is 1.77 bits per heavy atom. The molecule has 0 saturated heterocycles. The van der Waals surface area contributed by atoms with Gasteiger partial charge in [0.05, 0.1) is 5.02 Å². The van der Waals surface area contributed by atoms with E-state index in [0.717, 1.165) is 0 Å². The van der Waals surface area contributed by atoms with Gasteiger partial charge in [0.25, 0.3) is 0 Å². The molecule has 0 aliphatic carbocycles. The van der Waals surface area contributed by atoms with Crippen LogP contribution in [0.4, 0.5) is 5.69 Å². The molecule has 1 N–H and O–H groups in total. The molecule has 0 heterocycles. The van der Waals surface area contributed by atoms with E-state index in [9.17, 15) is 9.59 Å². The second-order valence-corrected chi connectivity index (χ2v) is 5.03. The number of rotatable bonds is 6. The summed E-state index contributed by atoms with van der Waals surface area (Å²) < 4.78 is 5.41. The number of nitrogens with one attached hydrogen (secondary N) is 1. The molecule has 0 bridgehead atoms. The maximum absolute atomic E-state index is 12.1. The lowest BCUT2D eigenvalue weighted by molar-refractivity contribution is -0.115. The van der Waals surface area contributed by atoms with Crippen molar-refractivity contribution in [2.24, 2.45) is 0 Å². The molecule has 0 spiro atoms. The fourth-order valence-corrected chi connectivity index (χ4v) is 1.97. The first kappa shape index (κ1) is 16.0. The first-order valence-corrected chi connectivity index (χ1v) is 7.28. The largest absolute Gasteiger partial charge is 0.484 e. The molecular formula is C17H16ClNO3. The van der Waals surface area contributed by atoms with Crippen molar-refractivity contribution >= 4 is 29.0 Å². The first-order chi connectivity index (χ1) is 10.6. The second-order valence-electron chi connectivity index (χ2n) is 4.62. The number of carbonyl (C=O) groups excluding carboxylic acids is 2. The summed E-state index contributed by atoms with van der Waals surface area (Å²) >= 11 is 5.96. The van der Waals surface area contributed by atoms with Gasteiger partial charge in [-0.05, 0) is 36.4 Å². The molecule has 5 heteroatoms. The van der Waals surface area contributed by atoms with Crippen LogP contribution in [0.1, 0.15) is 23.7 Å². The Bertz CT molecular complexity index is 668. The van der Waals surface area contributed by atoms with Crippen molar-refractivity contribution in [3.8, 4) is 5.75 Å². The number of benzene rings is 2. The van der Waals surface area contributed by atoms with Gasteiger partial charge in [-0.3, -0.25) is 9.59 Å². The highest BCUT2D eigenvalue weighted by molar-refractivity contribution is 6.32. The van der Waals surface area contributed by atoms with Gasteiger partial charge in [0.2, 0.25) is 5.91 Å². The van der Waals surface area contributed by atoms with E-state index in [-0.39, 0.29) is 18.3 Å². The zero-order valence-corrected chi connectivity index (χ0v) is 12.9. The SMILES string of the molecule is CCC(=O)Nc1ccc(C(=O)COc2ccccc2Cl)cc1. The van der Waals surface area contributed by atoms with Crippen molar-refractivity contribution in [2.75, 3.05) is 11.9 Å². The van der Waals surface area contributed by atoms with Crippen molar-refractivity contribution in [1.29, 1.82) is 0 Å². The second kappa shape index (κ2) is 7.61. The summed E-state index contributed by atoms with van der Waals surface area (Å²) in [6.07, 6.45) is 0.409. The van der Waals surface area contributed by atoms with Crippen LogP contribution in [0.25, 0.3) is 0 Å². The van der Waals surface area contributed by atoms with Crippen LogP contribution < -0.4 is 10.1 Å². The lowest BCUT2D eigenvalue weighted by atomic mass is 10.1. The van der Waals surface area contributed by atoms with E-state index in [1.54, 1.807) is 55.5 Å². The smallest absolute Gasteiger partial charge is 0.224 e. The Hall–Kier alpha value is -2.33. The van der Waals surface area contributed by atoms with E-state index in [0.29, 0.717) is 28.4 Å².